The van der Waals surface area contributed by atoms with Gasteiger partial charge in [0.25, 0.3) is 5.91 Å². The second kappa shape index (κ2) is 12.0. The minimum atomic E-state index is -0.544. The number of nitrogens with zero attached hydrogens (tertiary/aromatic N) is 1. The summed E-state index contributed by atoms with van der Waals surface area (Å²) in [4.78, 5) is 27.6. The molecule has 0 saturated heterocycles. The van der Waals surface area contributed by atoms with Gasteiger partial charge in [-0.3, -0.25) is 9.59 Å². The summed E-state index contributed by atoms with van der Waals surface area (Å²) in [5.41, 5.74) is 2.19. The summed E-state index contributed by atoms with van der Waals surface area (Å²) in [5, 5.41) is 3.01. The number of amides is 2. The van der Waals surface area contributed by atoms with Crippen molar-refractivity contribution in [3.8, 4) is 5.75 Å². The van der Waals surface area contributed by atoms with Crippen LogP contribution in [0.25, 0.3) is 0 Å². The SMILES string of the molecule is CCc1ccc(OCC(=O)N(Cc2ccccc2)[C@@H](CC)C(=O)N[C@@H](C)CC)cc1. The Balaban J connectivity index is 2.15. The number of hydrogen-bond acceptors (Lipinski definition) is 3. The van der Waals surface area contributed by atoms with Crippen molar-refractivity contribution in [2.45, 2.75) is 65.6 Å². The van der Waals surface area contributed by atoms with Crippen molar-refractivity contribution < 1.29 is 14.3 Å². The monoisotopic (exact) mass is 410 g/mol. The number of nitrogens with one attached hydrogen (secondary N) is 1. The summed E-state index contributed by atoms with van der Waals surface area (Å²) in [6, 6.07) is 17.0. The molecule has 2 amide bonds. The van der Waals surface area contributed by atoms with E-state index in [2.05, 4.69) is 12.2 Å². The first-order valence-corrected chi connectivity index (χ1v) is 10.8. The molecule has 0 heterocycles. The lowest BCUT2D eigenvalue weighted by atomic mass is 10.1. The standard InChI is InChI=1S/C25H34N2O3/c1-5-19(4)26-25(29)23(7-3)27(17-21-11-9-8-10-12-21)24(28)18-30-22-15-13-20(6-2)14-16-22/h8-16,19,23H,5-7,17-18H2,1-4H3,(H,26,29)/t19-,23-/m0/s1. The molecule has 0 fully saturated rings. The average Bonchev–Trinajstić information content (AvgIpc) is 2.78. The second-order valence-corrected chi connectivity index (χ2v) is 7.54. The molecule has 30 heavy (non-hydrogen) atoms. The third-order valence-electron chi connectivity index (χ3n) is 5.28. The molecule has 0 unspecified atom stereocenters. The number of ether oxygens (including phenoxy) is 1. The van der Waals surface area contributed by atoms with Crippen LogP contribution in [-0.2, 0) is 22.6 Å². The van der Waals surface area contributed by atoms with Gasteiger partial charge in [0.15, 0.2) is 6.61 Å². The lowest BCUT2D eigenvalue weighted by Crippen LogP contribution is -2.51. The third kappa shape index (κ3) is 6.90. The smallest absolute Gasteiger partial charge is 0.261 e. The number of carbonyl (C=O) groups is 2. The van der Waals surface area contributed by atoms with Crippen molar-refractivity contribution in [1.82, 2.24) is 10.2 Å². The molecule has 5 heteroatoms. The van der Waals surface area contributed by atoms with Crippen molar-refractivity contribution in [3.63, 3.8) is 0 Å². The van der Waals surface area contributed by atoms with E-state index in [9.17, 15) is 9.59 Å². The highest BCUT2D eigenvalue weighted by Crippen LogP contribution is 2.16. The Kier molecular flexibility index (Phi) is 9.39. The second-order valence-electron chi connectivity index (χ2n) is 7.54. The zero-order chi connectivity index (χ0) is 21.9. The van der Waals surface area contributed by atoms with Crippen LogP contribution >= 0.6 is 0 Å². The van der Waals surface area contributed by atoms with E-state index in [-0.39, 0.29) is 24.5 Å². The number of aryl methyl sites for hydroxylation is 1. The van der Waals surface area contributed by atoms with Gasteiger partial charge in [-0.05, 0) is 49.4 Å². The number of carbonyl (C=O) groups excluding carboxylic acids is 2. The van der Waals surface area contributed by atoms with Gasteiger partial charge in [-0.15, -0.1) is 0 Å². The van der Waals surface area contributed by atoms with E-state index in [0.717, 1.165) is 18.4 Å². The third-order valence-corrected chi connectivity index (χ3v) is 5.28. The van der Waals surface area contributed by atoms with Crippen LogP contribution in [0.4, 0.5) is 0 Å². The fraction of sp³-hybridized carbons (Fsp3) is 0.440. The van der Waals surface area contributed by atoms with Crippen molar-refractivity contribution in [1.29, 1.82) is 0 Å². The highest BCUT2D eigenvalue weighted by Gasteiger charge is 2.29. The zero-order valence-corrected chi connectivity index (χ0v) is 18.6. The van der Waals surface area contributed by atoms with E-state index in [1.165, 1.54) is 5.56 Å². The molecule has 5 nitrogen and oxygen atoms in total. The summed E-state index contributed by atoms with van der Waals surface area (Å²) in [6.45, 7) is 8.27. The van der Waals surface area contributed by atoms with Crippen molar-refractivity contribution in [2.75, 3.05) is 6.61 Å². The molecule has 2 rings (SSSR count). The van der Waals surface area contributed by atoms with Gasteiger partial charge in [0, 0.05) is 12.6 Å². The van der Waals surface area contributed by atoms with Gasteiger partial charge in [0.2, 0.25) is 5.91 Å². The molecule has 2 atom stereocenters. The van der Waals surface area contributed by atoms with E-state index in [4.69, 9.17) is 4.74 Å². The molecule has 0 aliphatic carbocycles. The molecule has 0 spiro atoms. The molecule has 0 aliphatic heterocycles. The van der Waals surface area contributed by atoms with Crippen LogP contribution in [0, 0.1) is 0 Å². The molecule has 0 radical (unpaired) electrons. The van der Waals surface area contributed by atoms with Crippen molar-refractivity contribution in [2.24, 2.45) is 0 Å². The number of benzene rings is 2. The quantitative estimate of drug-likeness (QED) is 0.599. The van der Waals surface area contributed by atoms with Crippen LogP contribution in [0.1, 0.15) is 51.7 Å². The van der Waals surface area contributed by atoms with Gasteiger partial charge in [0.05, 0.1) is 0 Å². The van der Waals surface area contributed by atoms with Gasteiger partial charge in [-0.1, -0.05) is 63.2 Å². The summed E-state index contributed by atoms with van der Waals surface area (Å²) in [7, 11) is 0. The average molecular weight is 411 g/mol. The highest BCUT2D eigenvalue weighted by molar-refractivity contribution is 5.88. The largest absolute Gasteiger partial charge is 0.484 e. The Labute approximate surface area is 180 Å². The first-order valence-electron chi connectivity index (χ1n) is 10.8. The van der Waals surface area contributed by atoms with Gasteiger partial charge in [-0.2, -0.15) is 0 Å². The minimum absolute atomic E-state index is 0.0635. The predicted octanol–water partition coefficient (Wildman–Crippen LogP) is 4.35. The van der Waals surface area contributed by atoms with Crippen molar-refractivity contribution in [3.05, 3.63) is 65.7 Å². The maximum atomic E-state index is 13.1. The van der Waals surface area contributed by atoms with E-state index >= 15 is 0 Å². The van der Waals surface area contributed by atoms with E-state index in [1.54, 1.807) is 4.90 Å². The zero-order valence-electron chi connectivity index (χ0n) is 18.6. The van der Waals surface area contributed by atoms with Crippen LogP contribution in [0.15, 0.2) is 54.6 Å². The molecular weight excluding hydrogens is 376 g/mol. The van der Waals surface area contributed by atoms with Crippen LogP contribution in [0.5, 0.6) is 5.75 Å². The fourth-order valence-electron chi connectivity index (χ4n) is 3.19. The fourth-order valence-corrected chi connectivity index (χ4v) is 3.19. The molecule has 0 saturated carbocycles. The molecule has 2 aromatic rings. The number of hydrogen-bond donors (Lipinski definition) is 1. The van der Waals surface area contributed by atoms with Crippen LogP contribution < -0.4 is 10.1 Å². The Morgan fingerprint density at radius 1 is 0.933 bits per heavy atom. The maximum Gasteiger partial charge on any atom is 0.261 e. The molecule has 0 aliphatic rings. The molecule has 2 aromatic carbocycles. The van der Waals surface area contributed by atoms with Crippen LogP contribution in [0.2, 0.25) is 0 Å². The van der Waals surface area contributed by atoms with Gasteiger partial charge >= 0.3 is 0 Å². The molecular formula is C25H34N2O3. The Hall–Kier alpha value is -2.82. The first kappa shape index (κ1) is 23.5. The van der Waals surface area contributed by atoms with E-state index in [1.807, 2.05) is 75.4 Å². The van der Waals surface area contributed by atoms with E-state index < -0.39 is 6.04 Å². The number of rotatable bonds is 11. The molecule has 0 bridgehead atoms. The minimum Gasteiger partial charge on any atom is -0.484 e. The van der Waals surface area contributed by atoms with E-state index in [0.29, 0.717) is 18.7 Å². The molecule has 0 aromatic heterocycles. The summed E-state index contributed by atoms with van der Waals surface area (Å²) in [6.07, 6.45) is 2.32. The lowest BCUT2D eigenvalue weighted by Gasteiger charge is -2.31. The summed E-state index contributed by atoms with van der Waals surface area (Å²) >= 11 is 0. The highest BCUT2D eigenvalue weighted by atomic mass is 16.5. The normalized spacial score (nSPS) is 12.7. The van der Waals surface area contributed by atoms with Gasteiger partial charge in [-0.25, -0.2) is 0 Å². The van der Waals surface area contributed by atoms with Crippen molar-refractivity contribution >= 4 is 11.8 Å². The molecule has 1 N–H and O–H groups in total. The molecule has 162 valence electrons. The van der Waals surface area contributed by atoms with Crippen LogP contribution in [0.3, 0.4) is 0 Å². The Morgan fingerprint density at radius 2 is 1.60 bits per heavy atom. The topological polar surface area (TPSA) is 58.6 Å². The van der Waals surface area contributed by atoms with Crippen LogP contribution in [-0.4, -0.2) is 35.4 Å². The lowest BCUT2D eigenvalue weighted by molar-refractivity contribution is -0.143. The maximum absolute atomic E-state index is 13.1. The summed E-state index contributed by atoms with van der Waals surface area (Å²) in [5.74, 6) is 0.324. The first-order chi connectivity index (χ1) is 14.5. The predicted molar refractivity (Wildman–Crippen MR) is 120 cm³/mol. The Bertz CT molecular complexity index is 790. The summed E-state index contributed by atoms with van der Waals surface area (Å²) < 4.78 is 5.74. The van der Waals surface area contributed by atoms with Gasteiger partial charge in [0.1, 0.15) is 11.8 Å². The van der Waals surface area contributed by atoms with Gasteiger partial charge < -0.3 is 15.0 Å². The Morgan fingerprint density at radius 3 is 2.17 bits per heavy atom.